The molecule has 1 nitrogen and oxygen atoms in total. The van der Waals surface area contributed by atoms with Crippen molar-refractivity contribution < 1.29 is 4.39 Å². The summed E-state index contributed by atoms with van der Waals surface area (Å²) in [5.74, 6) is -0.00410. The maximum absolute atomic E-state index is 13.1. The maximum Gasteiger partial charge on any atom is 0.123 e. The van der Waals surface area contributed by atoms with Crippen LogP contribution in [-0.2, 0) is 5.88 Å². The summed E-state index contributed by atoms with van der Waals surface area (Å²) in [6.45, 7) is 0. The number of alkyl halides is 1. The Bertz CT molecular complexity index is 514. The van der Waals surface area contributed by atoms with Gasteiger partial charge in [0.1, 0.15) is 5.82 Å². The molecular formula is C12H8Cl2FN. The van der Waals surface area contributed by atoms with Crippen LogP contribution in [-0.4, -0.2) is 4.98 Å². The zero-order valence-corrected chi connectivity index (χ0v) is 9.76. The highest BCUT2D eigenvalue weighted by molar-refractivity contribution is 6.34. The van der Waals surface area contributed by atoms with E-state index in [2.05, 4.69) is 4.98 Å². The van der Waals surface area contributed by atoms with Gasteiger partial charge in [0.15, 0.2) is 0 Å². The molecule has 2 rings (SSSR count). The lowest BCUT2D eigenvalue weighted by atomic mass is 10.1. The molecule has 0 saturated heterocycles. The van der Waals surface area contributed by atoms with Crippen molar-refractivity contribution in [3.8, 4) is 11.3 Å². The topological polar surface area (TPSA) is 12.9 Å². The molecule has 0 saturated carbocycles. The van der Waals surface area contributed by atoms with Crippen molar-refractivity contribution in [2.45, 2.75) is 5.88 Å². The van der Waals surface area contributed by atoms with E-state index < -0.39 is 0 Å². The van der Waals surface area contributed by atoms with E-state index in [1.165, 1.54) is 12.1 Å². The van der Waals surface area contributed by atoms with Crippen molar-refractivity contribution in [3.05, 3.63) is 52.9 Å². The van der Waals surface area contributed by atoms with Crippen molar-refractivity contribution in [1.82, 2.24) is 4.98 Å². The van der Waals surface area contributed by atoms with Crippen molar-refractivity contribution >= 4 is 23.2 Å². The Morgan fingerprint density at radius 2 is 2.06 bits per heavy atom. The number of pyridine rings is 1. The zero-order chi connectivity index (χ0) is 11.5. The molecule has 0 aliphatic carbocycles. The normalized spacial score (nSPS) is 10.4. The number of benzene rings is 1. The molecule has 0 fully saturated rings. The molecule has 0 unspecified atom stereocenters. The minimum absolute atomic E-state index is 0.309. The quantitative estimate of drug-likeness (QED) is 0.731. The maximum atomic E-state index is 13.1. The Hall–Kier alpha value is -1.12. The molecule has 0 spiro atoms. The lowest BCUT2D eigenvalue weighted by molar-refractivity contribution is 0.628. The van der Waals surface area contributed by atoms with Gasteiger partial charge in [-0.15, -0.1) is 11.6 Å². The van der Waals surface area contributed by atoms with E-state index in [9.17, 15) is 4.39 Å². The van der Waals surface area contributed by atoms with Crippen LogP contribution in [0.4, 0.5) is 4.39 Å². The van der Waals surface area contributed by atoms with Gasteiger partial charge in [0.25, 0.3) is 0 Å². The summed E-state index contributed by atoms with van der Waals surface area (Å²) in [7, 11) is 0. The predicted octanol–water partition coefficient (Wildman–Crippen LogP) is 4.28. The van der Waals surface area contributed by atoms with Crippen LogP contribution in [0.5, 0.6) is 0 Å². The van der Waals surface area contributed by atoms with Crippen molar-refractivity contribution in [1.29, 1.82) is 0 Å². The monoisotopic (exact) mass is 255 g/mol. The van der Waals surface area contributed by atoms with Crippen LogP contribution >= 0.6 is 23.2 Å². The van der Waals surface area contributed by atoms with Gasteiger partial charge >= 0.3 is 0 Å². The summed E-state index contributed by atoms with van der Waals surface area (Å²) in [5, 5.41) is 0.475. The SMILES string of the molecule is Fc1cccc(-c2nccc(CCl)c2Cl)c1. The smallest absolute Gasteiger partial charge is 0.123 e. The second-order valence-corrected chi connectivity index (χ2v) is 3.92. The van der Waals surface area contributed by atoms with Gasteiger partial charge in [0, 0.05) is 17.6 Å². The molecule has 1 aromatic carbocycles. The Labute approximate surface area is 103 Å². The average Bonchev–Trinajstić information content (AvgIpc) is 2.29. The molecule has 0 radical (unpaired) electrons. The van der Waals surface area contributed by atoms with E-state index in [4.69, 9.17) is 23.2 Å². The molecule has 0 aliphatic rings. The standard InChI is InChI=1S/C12H8Cl2FN/c13-7-9-4-5-16-12(11(9)14)8-2-1-3-10(15)6-8/h1-6H,7H2. The van der Waals surface area contributed by atoms with Crippen molar-refractivity contribution in [2.75, 3.05) is 0 Å². The third kappa shape index (κ3) is 2.18. The third-order valence-corrected chi connectivity index (χ3v) is 2.92. The van der Waals surface area contributed by atoms with Crippen LogP contribution in [0.3, 0.4) is 0 Å². The van der Waals surface area contributed by atoms with Crippen LogP contribution in [0.1, 0.15) is 5.56 Å². The fourth-order valence-corrected chi connectivity index (χ4v) is 2.00. The summed E-state index contributed by atoms with van der Waals surface area (Å²) in [6, 6.07) is 7.90. The Balaban J connectivity index is 2.56. The number of hydrogen-bond donors (Lipinski definition) is 0. The van der Waals surface area contributed by atoms with Crippen LogP contribution in [0, 0.1) is 5.82 Å². The Morgan fingerprint density at radius 1 is 1.25 bits per heavy atom. The van der Waals surface area contributed by atoms with Gasteiger partial charge in [0.05, 0.1) is 10.7 Å². The second-order valence-electron chi connectivity index (χ2n) is 3.28. The largest absolute Gasteiger partial charge is 0.255 e. The summed E-state index contributed by atoms with van der Waals surface area (Å²) < 4.78 is 13.1. The fraction of sp³-hybridized carbons (Fsp3) is 0.0833. The van der Waals surface area contributed by atoms with Crippen LogP contribution in [0.15, 0.2) is 36.5 Å². The van der Waals surface area contributed by atoms with E-state index in [0.717, 1.165) is 5.56 Å². The minimum atomic E-state index is -0.313. The van der Waals surface area contributed by atoms with E-state index in [0.29, 0.717) is 22.2 Å². The lowest BCUT2D eigenvalue weighted by Crippen LogP contribution is -1.90. The summed E-state index contributed by atoms with van der Waals surface area (Å²) in [5.41, 5.74) is 1.99. The lowest BCUT2D eigenvalue weighted by Gasteiger charge is -2.06. The van der Waals surface area contributed by atoms with Gasteiger partial charge < -0.3 is 0 Å². The first-order valence-corrected chi connectivity index (χ1v) is 5.59. The molecule has 4 heteroatoms. The van der Waals surface area contributed by atoms with Crippen molar-refractivity contribution in [3.63, 3.8) is 0 Å². The van der Waals surface area contributed by atoms with Crippen LogP contribution in [0.25, 0.3) is 11.3 Å². The first kappa shape index (κ1) is 11.4. The summed E-state index contributed by atoms with van der Waals surface area (Å²) in [6.07, 6.45) is 1.61. The highest BCUT2D eigenvalue weighted by atomic mass is 35.5. The molecule has 0 amide bonds. The van der Waals surface area contributed by atoms with Gasteiger partial charge in [-0.3, -0.25) is 4.98 Å². The predicted molar refractivity (Wildman–Crippen MR) is 64.2 cm³/mol. The first-order valence-electron chi connectivity index (χ1n) is 4.67. The minimum Gasteiger partial charge on any atom is -0.255 e. The molecule has 16 heavy (non-hydrogen) atoms. The number of rotatable bonds is 2. The van der Waals surface area contributed by atoms with Gasteiger partial charge in [-0.05, 0) is 23.8 Å². The molecule has 1 aromatic heterocycles. The van der Waals surface area contributed by atoms with E-state index in [1.54, 1.807) is 24.4 Å². The Kier molecular flexibility index (Phi) is 3.42. The molecular weight excluding hydrogens is 248 g/mol. The summed E-state index contributed by atoms with van der Waals surface area (Å²) >= 11 is 11.9. The molecule has 1 heterocycles. The molecule has 0 N–H and O–H groups in total. The number of hydrogen-bond acceptors (Lipinski definition) is 1. The zero-order valence-electron chi connectivity index (χ0n) is 8.25. The van der Waals surface area contributed by atoms with Gasteiger partial charge in [-0.1, -0.05) is 23.7 Å². The fourth-order valence-electron chi connectivity index (χ4n) is 1.42. The third-order valence-electron chi connectivity index (χ3n) is 2.21. The van der Waals surface area contributed by atoms with Gasteiger partial charge in [-0.25, -0.2) is 4.39 Å². The molecule has 0 aliphatic heterocycles. The van der Waals surface area contributed by atoms with E-state index in [-0.39, 0.29) is 5.82 Å². The van der Waals surface area contributed by atoms with Crippen LogP contribution in [0.2, 0.25) is 5.02 Å². The molecule has 82 valence electrons. The number of nitrogens with zero attached hydrogens (tertiary/aromatic N) is 1. The van der Waals surface area contributed by atoms with Crippen LogP contribution < -0.4 is 0 Å². The molecule has 2 aromatic rings. The van der Waals surface area contributed by atoms with E-state index in [1.807, 2.05) is 0 Å². The highest BCUT2D eigenvalue weighted by Crippen LogP contribution is 2.29. The summed E-state index contributed by atoms with van der Waals surface area (Å²) in [4.78, 5) is 4.14. The molecule has 0 atom stereocenters. The number of aromatic nitrogens is 1. The number of halogens is 3. The molecule has 0 bridgehead atoms. The van der Waals surface area contributed by atoms with E-state index >= 15 is 0 Å². The second kappa shape index (κ2) is 4.81. The van der Waals surface area contributed by atoms with Crippen molar-refractivity contribution in [2.24, 2.45) is 0 Å². The van der Waals surface area contributed by atoms with Gasteiger partial charge in [-0.2, -0.15) is 0 Å². The Morgan fingerprint density at radius 3 is 2.75 bits per heavy atom. The highest BCUT2D eigenvalue weighted by Gasteiger charge is 2.09. The first-order chi connectivity index (χ1) is 7.72. The average molecular weight is 256 g/mol. The van der Waals surface area contributed by atoms with Gasteiger partial charge in [0.2, 0.25) is 0 Å².